The lowest BCUT2D eigenvalue weighted by atomic mass is 9.74. The molecule has 0 spiro atoms. The Morgan fingerprint density at radius 3 is 2.42 bits per heavy atom. The molecule has 10 atom stereocenters. The summed E-state index contributed by atoms with van der Waals surface area (Å²) >= 11 is 0. The van der Waals surface area contributed by atoms with Crippen LogP contribution in [0, 0.1) is 5.92 Å². The normalized spacial score (nSPS) is 45.5. The van der Waals surface area contributed by atoms with E-state index in [-0.39, 0.29) is 24.1 Å². The molecule has 31 heavy (non-hydrogen) atoms. The number of amides is 1. The van der Waals surface area contributed by atoms with E-state index < -0.39 is 54.5 Å². The molecule has 0 aromatic heterocycles. The molecule has 10 heteroatoms. The van der Waals surface area contributed by atoms with Crippen molar-refractivity contribution in [2.75, 3.05) is 13.6 Å². The van der Waals surface area contributed by atoms with Crippen molar-refractivity contribution in [3.05, 3.63) is 0 Å². The Kier molecular flexibility index (Phi) is 7.34. The van der Waals surface area contributed by atoms with Crippen molar-refractivity contribution in [2.24, 2.45) is 5.92 Å². The van der Waals surface area contributed by atoms with Gasteiger partial charge in [-0.15, -0.1) is 0 Å². The molecule has 2 aliphatic heterocycles. The van der Waals surface area contributed by atoms with Gasteiger partial charge in [-0.2, -0.15) is 0 Å². The highest BCUT2D eigenvalue weighted by Gasteiger charge is 2.63. The molecular formula is C21H39N3O7. The third-order valence-electron chi connectivity index (χ3n) is 6.54. The van der Waals surface area contributed by atoms with Gasteiger partial charge in [-0.05, 0) is 47.6 Å². The molecule has 3 rings (SSSR count). The third-order valence-corrected chi connectivity index (χ3v) is 6.54. The molecule has 1 amide bonds. The van der Waals surface area contributed by atoms with Crippen molar-refractivity contribution < 1.29 is 34.3 Å². The molecule has 3 aliphatic rings. The van der Waals surface area contributed by atoms with Crippen LogP contribution in [0.2, 0.25) is 0 Å². The van der Waals surface area contributed by atoms with E-state index >= 15 is 0 Å². The number of hydrogen-bond acceptors (Lipinski definition) is 9. The smallest absolute Gasteiger partial charge is 0.239 e. The van der Waals surface area contributed by atoms with Gasteiger partial charge in [0, 0.05) is 11.5 Å². The number of hydrogen-bond donors (Lipinski definition) is 6. The second kappa shape index (κ2) is 9.18. The average Bonchev–Trinajstić information content (AvgIpc) is 2.67. The molecule has 0 aromatic carbocycles. The van der Waals surface area contributed by atoms with Crippen molar-refractivity contribution in [3.63, 3.8) is 0 Å². The second-order valence-corrected chi connectivity index (χ2v) is 10.0. The van der Waals surface area contributed by atoms with Gasteiger partial charge in [-0.1, -0.05) is 6.92 Å². The number of ether oxygens (including phenoxy) is 3. The van der Waals surface area contributed by atoms with Gasteiger partial charge in [0.1, 0.15) is 12.2 Å². The van der Waals surface area contributed by atoms with Crippen LogP contribution >= 0.6 is 0 Å². The van der Waals surface area contributed by atoms with E-state index in [0.29, 0.717) is 12.8 Å². The first-order valence-electron chi connectivity index (χ1n) is 11.2. The van der Waals surface area contributed by atoms with E-state index in [2.05, 4.69) is 16.0 Å². The third kappa shape index (κ3) is 4.91. The van der Waals surface area contributed by atoms with Crippen LogP contribution in [0.1, 0.15) is 47.5 Å². The van der Waals surface area contributed by atoms with E-state index in [1.807, 2.05) is 34.6 Å². The summed E-state index contributed by atoms with van der Waals surface area (Å²) in [6.45, 7) is 9.67. The maximum absolute atomic E-state index is 12.6. The van der Waals surface area contributed by atoms with Crippen molar-refractivity contribution in [3.8, 4) is 0 Å². The van der Waals surface area contributed by atoms with Gasteiger partial charge in [0.15, 0.2) is 0 Å². The summed E-state index contributed by atoms with van der Waals surface area (Å²) in [6.07, 6.45) is -4.10. The molecule has 3 fully saturated rings. The highest BCUT2D eigenvalue weighted by atomic mass is 16.8. The zero-order chi connectivity index (χ0) is 23.1. The number of carbonyl (C=O) groups excluding carboxylic acids is 1. The quantitative estimate of drug-likeness (QED) is 0.308. The molecule has 180 valence electrons. The molecule has 2 heterocycles. The number of rotatable bonds is 5. The number of aliphatic hydroxyl groups is 3. The van der Waals surface area contributed by atoms with Gasteiger partial charge in [-0.25, -0.2) is 0 Å². The fraction of sp³-hybridized carbons (Fsp3) is 0.952. The molecule has 1 aliphatic carbocycles. The fourth-order valence-electron chi connectivity index (χ4n) is 4.83. The predicted octanol–water partition coefficient (Wildman–Crippen LogP) is -1.18. The molecular weight excluding hydrogens is 406 g/mol. The molecule has 2 saturated heterocycles. The Labute approximate surface area is 184 Å². The number of aliphatic hydroxyl groups excluding tert-OH is 2. The second-order valence-electron chi connectivity index (χ2n) is 10.0. The van der Waals surface area contributed by atoms with Crippen molar-refractivity contribution in [1.29, 1.82) is 0 Å². The molecule has 0 aromatic rings. The summed E-state index contributed by atoms with van der Waals surface area (Å²) < 4.78 is 18.0. The maximum Gasteiger partial charge on any atom is 0.239 e. The fourth-order valence-corrected chi connectivity index (χ4v) is 4.83. The summed E-state index contributed by atoms with van der Waals surface area (Å²) in [5.41, 5.74) is -0.234. The van der Waals surface area contributed by atoms with Crippen LogP contribution in [0.4, 0.5) is 0 Å². The largest absolute Gasteiger partial charge is 0.391 e. The summed E-state index contributed by atoms with van der Waals surface area (Å²) in [5.74, 6) is -2.65. The minimum atomic E-state index is -1.96. The predicted molar refractivity (Wildman–Crippen MR) is 112 cm³/mol. The first-order valence-corrected chi connectivity index (χ1v) is 11.2. The van der Waals surface area contributed by atoms with Crippen LogP contribution in [0.3, 0.4) is 0 Å². The van der Waals surface area contributed by atoms with Gasteiger partial charge in [0.2, 0.25) is 18.0 Å². The SMILES string of the molecule is CC[C@@H]1[C@H](O)[C@H](NC)C2O[C@]3(O)C(OC2[C@H]1O)O[C@H](C)C[C@H]3NC(=O)CNC(C)(C)C. The van der Waals surface area contributed by atoms with Gasteiger partial charge < -0.3 is 45.5 Å². The summed E-state index contributed by atoms with van der Waals surface area (Å²) in [4.78, 5) is 12.6. The van der Waals surface area contributed by atoms with E-state index in [4.69, 9.17) is 14.2 Å². The van der Waals surface area contributed by atoms with Crippen LogP contribution in [0.5, 0.6) is 0 Å². The number of carbonyl (C=O) groups is 1. The Morgan fingerprint density at radius 1 is 1.16 bits per heavy atom. The molecule has 0 radical (unpaired) electrons. The monoisotopic (exact) mass is 445 g/mol. The van der Waals surface area contributed by atoms with Crippen LogP contribution in [0.25, 0.3) is 0 Å². The first kappa shape index (κ1) is 24.8. The van der Waals surface area contributed by atoms with Gasteiger partial charge in [-0.3, -0.25) is 4.79 Å². The lowest BCUT2D eigenvalue weighted by Crippen LogP contribution is -2.77. The number of nitrogens with one attached hydrogen (secondary N) is 3. The van der Waals surface area contributed by atoms with Crippen LogP contribution in [0.15, 0.2) is 0 Å². The summed E-state index contributed by atoms with van der Waals surface area (Å²) in [7, 11) is 1.69. The lowest BCUT2D eigenvalue weighted by Gasteiger charge is -2.58. The Hall–Kier alpha value is -0.850. The minimum absolute atomic E-state index is 0.0810. The zero-order valence-electron chi connectivity index (χ0n) is 19.3. The highest BCUT2D eigenvalue weighted by molar-refractivity contribution is 5.78. The van der Waals surface area contributed by atoms with E-state index in [1.54, 1.807) is 7.05 Å². The topological polar surface area (TPSA) is 142 Å². The van der Waals surface area contributed by atoms with Crippen molar-refractivity contribution in [2.45, 2.75) is 108 Å². The first-order chi connectivity index (χ1) is 14.4. The molecule has 1 saturated carbocycles. The van der Waals surface area contributed by atoms with Crippen molar-refractivity contribution in [1.82, 2.24) is 16.0 Å². The van der Waals surface area contributed by atoms with Crippen LogP contribution < -0.4 is 16.0 Å². The molecule has 6 N–H and O–H groups in total. The van der Waals surface area contributed by atoms with Gasteiger partial charge in [0.25, 0.3) is 0 Å². The summed E-state index contributed by atoms with van der Waals surface area (Å²) in [6, 6.07) is -1.35. The average molecular weight is 446 g/mol. The standard InChI is InChI=1S/C21H39N3O7/c1-7-11-15(26)14(22-6)17-18(16(11)27)30-19-21(28,31-17)12(8-10(2)29-19)24-13(25)9-23-20(3,4)5/h10-12,14-19,22-23,26-28H,7-9H2,1-6H3,(H,24,25)/t10-,11-,12-,14+,15+,16+,17?,18?,19?,21+/m1/s1. The minimum Gasteiger partial charge on any atom is -0.391 e. The molecule has 3 unspecified atom stereocenters. The number of likely N-dealkylation sites (N-methyl/N-ethyl adjacent to an activating group) is 1. The Morgan fingerprint density at radius 2 is 1.84 bits per heavy atom. The van der Waals surface area contributed by atoms with Crippen LogP contribution in [-0.4, -0.2) is 95.0 Å². The Bertz CT molecular complexity index is 645. The van der Waals surface area contributed by atoms with E-state index in [9.17, 15) is 20.1 Å². The molecule has 10 nitrogen and oxygen atoms in total. The van der Waals surface area contributed by atoms with Crippen molar-refractivity contribution >= 4 is 5.91 Å². The molecule has 0 bridgehead atoms. The highest BCUT2D eigenvalue weighted by Crippen LogP contribution is 2.43. The van der Waals surface area contributed by atoms with E-state index in [1.165, 1.54) is 0 Å². The van der Waals surface area contributed by atoms with Gasteiger partial charge >= 0.3 is 0 Å². The maximum atomic E-state index is 12.6. The Balaban J connectivity index is 1.81. The van der Waals surface area contributed by atoms with Crippen LogP contribution in [-0.2, 0) is 19.0 Å². The lowest BCUT2D eigenvalue weighted by molar-refractivity contribution is -0.450. The summed E-state index contributed by atoms with van der Waals surface area (Å²) in [5, 5.41) is 42.1. The number of fused-ring (bicyclic) bond motifs is 2. The zero-order valence-corrected chi connectivity index (χ0v) is 19.3. The van der Waals surface area contributed by atoms with E-state index in [0.717, 1.165) is 0 Å². The van der Waals surface area contributed by atoms with Gasteiger partial charge in [0.05, 0.1) is 36.9 Å².